The van der Waals surface area contributed by atoms with Crippen LogP contribution >= 0.6 is 0 Å². The van der Waals surface area contributed by atoms with Gasteiger partial charge in [0.05, 0.1) is 0 Å². The molecule has 2 aliphatic rings. The average Bonchev–Trinajstić information content (AvgIpc) is 2.63. The second-order valence-corrected chi connectivity index (χ2v) is 4.29. The number of allylic oxidation sites excluding steroid dienone is 8. The Kier molecular flexibility index (Phi) is 3.94. The molecule has 2 rings (SSSR count). The third kappa shape index (κ3) is 3.78. The Hall–Kier alpha value is -1.04. The number of rotatable bonds is 0. The Balaban J connectivity index is 0.000000140. The van der Waals surface area contributed by atoms with E-state index in [4.69, 9.17) is 0 Å². The molecular weight excluding hydrogens is 168 g/mol. The van der Waals surface area contributed by atoms with Gasteiger partial charge in [-0.2, -0.15) is 0 Å². The first-order chi connectivity index (χ1) is 6.58. The van der Waals surface area contributed by atoms with Gasteiger partial charge in [-0.25, -0.2) is 0 Å². The summed E-state index contributed by atoms with van der Waals surface area (Å²) in [7, 11) is 0. The van der Waals surface area contributed by atoms with E-state index in [1.54, 1.807) is 0 Å². The lowest BCUT2D eigenvalue weighted by atomic mass is 10.3. The molecule has 0 bridgehead atoms. The molecule has 0 fully saturated rings. The van der Waals surface area contributed by atoms with E-state index in [1.807, 2.05) is 0 Å². The molecular formula is C14H20. The molecule has 0 amide bonds. The zero-order valence-electron chi connectivity index (χ0n) is 9.72. The summed E-state index contributed by atoms with van der Waals surface area (Å²) < 4.78 is 0. The van der Waals surface area contributed by atoms with Gasteiger partial charge in [-0.1, -0.05) is 46.6 Å². The molecule has 0 aliphatic heterocycles. The molecule has 76 valence electrons. The first-order valence-electron chi connectivity index (χ1n) is 5.26. The van der Waals surface area contributed by atoms with E-state index in [2.05, 4.69) is 52.0 Å². The summed E-state index contributed by atoms with van der Waals surface area (Å²) in [5, 5.41) is 0. The van der Waals surface area contributed by atoms with E-state index in [9.17, 15) is 0 Å². The average molecular weight is 188 g/mol. The van der Waals surface area contributed by atoms with Gasteiger partial charge in [0.25, 0.3) is 0 Å². The minimum atomic E-state index is 1.17. The van der Waals surface area contributed by atoms with Crippen molar-refractivity contribution in [3.8, 4) is 0 Å². The van der Waals surface area contributed by atoms with Crippen LogP contribution < -0.4 is 0 Å². The number of hydrogen-bond donors (Lipinski definition) is 0. The fraction of sp³-hybridized carbons (Fsp3) is 0.429. The molecule has 0 N–H and O–H groups in total. The monoisotopic (exact) mass is 188 g/mol. The van der Waals surface area contributed by atoms with Crippen LogP contribution in [0.2, 0.25) is 0 Å². The van der Waals surface area contributed by atoms with Crippen LogP contribution in [0.1, 0.15) is 40.5 Å². The lowest BCUT2D eigenvalue weighted by Gasteiger charge is -1.79. The maximum absolute atomic E-state index is 2.25. The minimum Gasteiger partial charge on any atom is -0.0775 e. The highest BCUT2D eigenvalue weighted by atomic mass is 14.0. The Bertz CT molecular complexity index is 288. The highest BCUT2D eigenvalue weighted by Crippen LogP contribution is 2.15. The van der Waals surface area contributed by atoms with Crippen molar-refractivity contribution in [3.63, 3.8) is 0 Å². The summed E-state index contributed by atoms with van der Waals surface area (Å²) in [6.07, 6.45) is 11.3. The molecule has 0 unspecified atom stereocenters. The van der Waals surface area contributed by atoms with E-state index in [0.29, 0.717) is 0 Å². The van der Waals surface area contributed by atoms with E-state index in [-0.39, 0.29) is 0 Å². The zero-order valence-corrected chi connectivity index (χ0v) is 9.72. The second kappa shape index (κ2) is 4.99. The smallest absolute Gasteiger partial charge is 0.0133 e. The minimum absolute atomic E-state index is 1.17. The fourth-order valence-corrected chi connectivity index (χ4v) is 1.66. The Morgan fingerprint density at radius 2 is 1.07 bits per heavy atom. The van der Waals surface area contributed by atoms with Crippen molar-refractivity contribution >= 4 is 0 Å². The van der Waals surface area contributed by atoms with E-state index in [0.717, 1.165) is 0 Å². The van der Waals surface area contributed by atoms with Crippen LogP contribution in [-0.2, 0) is 0 Å². The molecule has 0 atom stereocenters. The van der Waals surface area contributed by atoms with Crippen LogP contribution in [0.15, 0.2) is 46.6 Å². The highest BCUT2D eigenvalue weighted by molar-refractivity contribution is 5.29. The molecule has 0 aromatic carbocycles. The normalized spacial score (nSPS) is 19.1. The standard InChI is InChI=1S/2C7H10/c2*1-6-3-4-7(2)5-6/h2*3,5H,4H2,1-2H3. The van der Waals surface area contributed by atoms with Crippen molar-refractivity contribution in [2.45, 2.75) is 40.5 Å². The largest absolute Gasteiger partial charge is 0.0775 e. The lowest BCUT2D eigenvalue weighted by molar-refractivity contribution is 1.25. The maximum atomic E-state index is 2.25. The summed E-state index contributed by atoms with van der Waals surface area (Å²) in [5.41, 5.74) is 5.80. The third-order valence-corrected chi connectivity index (χ3v) is 2.44. The van der Waals surface area contributed by atoms with Gasteiger partial charge in [0.15, 0.2) is 0 Å². The fourth-order valence-electron chi connectivity index (χ4n) is 1.66. The topological polar surface area (TPSA) is 0 Å². The van der Waals surface area contributed by atoms with Crippen molar-refractivity contribution in [2.24, 2.45) is 0 Å². The second-order valence-electron chi connectivity index (χ2n) is 4.29. The molecule has 0 saturated carbocycles. The Labute approximate surface area is 87.7 Å². The van der Waals surface area contributed by atoms with Crippen LogP contribution in [0.4, 0.5) is 0 Å². The SMILES string of the molecule is CC1=CCC(C)=C1.CC1=CCC(C)=C1. The first-order valence-corrected chi connectivity index (χ1v) is 5.26. The van der Waals surface area contributed by atoms with Crippen LogP contribution in [0, 0.1) is 0 Å². The van der Waals surface area contributed by atoms with Crippen LogP contribution in [0.5, 0.6) is 0 Å². The van der Waals surface area contributed by atoms with Crippen LogP contribution in [0.25, 0.3) is 0 Å². The lowest BCUT2D eigenvalue weighted by Crippen LogP contribution is -1.59. The molecule has 0 heterocycles. The maximum Gasteiger partial charge on any atom is -0.0133 e. The van der Waals surface area contributed by atoms with Gasteiger partial charge in [-0.3, -0.25) is 0 Å². The molecule has 0 heteroatoms. The summed E-state index contributed by atoms with van der Waals surface area (Å²) >= 11 is 0. The van der Waals surface area contributed by atoms with Gasteiger partial charge in [0.1, 0.15) is 0 Å². The van der Waals surface area contributed by atoms with Gasteiger partial charge in [-0.15, -0.1) is 0 Å². The van der Waals surface area contributed by atoms with Crippen molar-refractivity contribution < 1.29 is 0 Å². The molecule has 0 spiro atoms. The van der Waals surface area contributed by atoms with Crippen LogP contribution in [-0.4, -0.2) is 0 Å². The predicted molar refractivity (Wildman–Crippen MR) is 64.3 cm³/mol. The molecule has 0 radical (unpaired) electrons. The molecule has 0 nitrogen and oxygen atoms in total. The molecule has 2 aliphatic carbocycles. The zero-order chi connectivity index (χ0) is 10.6. The molecule has 0 saturated heterocycles. The molecule has 14 heavy (non-hydrogen) atoms. The quantitative estimate of drug-likeness (QED) is 0.522. The van der Waals surface area contributed by atoms with Gasteiger partial charge in [0.2, 0.25) is 0 Å². The van der Waals surface area contributed by atoms with E-state index in [1.165, 1.54) is 35.1 Å². The Morgan fingerprint density at radius 3 is 1.14 bits per heavy atom. The highest BCUT2D eigenvalue weighted by Gasteiger charge is 1.94. The van der Waals surface area contributed by atoms with Gasteiger partial charge in [-0.05, 0) is 40.5 Å². The predicted octanol–water partition coefficient (Wildman–Crippen LogP) is 4.57. The van der Waals surface area contributed by atoms with Crippen molar-refractivity contribution in [2.75, 3.05) is 0 Å². The molecule has 0 aromatic heterocycles. The van der Waals surface area contributed by atoms with Crippen molar-refractivity contribution in [1.29, 1.82) is 0 Å². The summed E-state index contributed by atoms with van der Waals surface area (Å²) in [5.74, 6) is 0. The Morgan fingerprint density at radius 1 is 0.714 bits per heavy atom. The van der Waals surface area contributed by atoms with E-state index >= 15 is 0 Å². The van der Waals surface area contributed by atoms with Crippen LogP contribution in [0.3, 0.4) is 0 Å². The van der Waals surface area contributed by atoms with Gasteiger partial charge >= 0.3 is 0 Å². The van der Waals surface area contributed by atoms with E-state index < -0.39 is 0 Å². The van der Waals surface area contributed by atoms with Crippen molar-refractivity contribution in [3.05, 3.63) is 46.6 Å². The van der Waals surface area contributed by atoms with Gasteiger partial charge in [0, 0.05) is 0 Å². The summed E-state index contributed by atoms with van der Waals surface area (Å²) in [6, 6.07) is 0. The first kappa shape index (κ1) is 11.0. The van der Waals surface area contributed by atoms with Crippen molar-refractivity contribution in [1.82, 2.24) is 0 Å². The number of hydrogen-bond acceptors (Lipinski definition) is 0. The third-order valence-electron chi connectivity index (χ3n) is 2.44. The summed E-state index contributed by atoms with van der Waals surface area (Å²) in [6.45, 7) is 8.59. The summed E-state index contributed by atoms with van der Waals surface area (Å²) in [4.78, 5) is 0. The molecule has 0 aromatic rings. The van der Waals surface area contributed by atoms with Gasteiger partial charge < -0.3 is 0 Å².